The molecule has 41 heavy (non-hydrogen) atoms. The Hall–Kier alpha value is -2.05. The summed E-state index contributed by atoms with van der Waals surface area (Å²) in [5, 5.41) is 22.7. The number of carbonyl (C=O) groups excluding carboxylic acids is 3. The quantitative estimate of drug-likeness (QED) is 0.475. The Morgan fingerprint density at radius 3 is 2.34 bits per heavy atom. The van der Waals surface area contributed by atoms with E-state index < -0.39 is 71.7 Å². The molecule has 0 bridgehead atoms. The fraction of sp³-hybridized carbons (Fsp3) is 0.833. The van der Waals surface area contributed by atoms with Crippen LogP contribution in [0.25, 0.3) is 0 Å². The fourth-order valence-corrected chi connectivity index (χ4v) is 6.59. The number of carbonyl (C=O) groups is 3. The van der Waals surface area contributed by atoms with Crippen LogP contribution in [0, 0.1) is 17.8 Å². The number of likely N-dealkylation sites (N-methyl/N-ethyl adjacent to an activating group) is 1. The van der Waals surface area contributed by atoms with E-state index in [0.717, 1.165) is 0 Å². The molecular formula is C30H49NO10. The van der Waals surface area contributed by atoms with Gasteiger partial charge in [0.05, 0.1) is 35.9 Å². The molecule has 2 saturated heterocycles. The van der Waals surface area contributed by atoms with Gasteiger partial charge in [-0.05, 0) is 65.5 Å². The lowest BCUT2D eigenvalue weighted by Crippen LogP contribution is -2.58. The number of hydrogen-bond donors (Lipinski definition) is 2. The standard InChI is InChI=1S/C30H49NO10/c1-11-21-29(7,36)13-15(2)22(32)16(3)14-30(8,37-10)25(18(5)23(33)19(6)26(34)39-21)41-27-24-20(12-17(4)38-27)31(9)28(35)40-24/h13,16-21,23-25,27,33,36H,11-12,14H2,1-10H3/t16-,17-,18+,19-,20+,21-,23+,24?,25-,27?,29+,30-/m1/s1. The van der Waals surface area contributed by atoms with E-state index in [1.54, 1.807) is 48.6 Å². The van der Waals surface area contributed by atoms with E-state index in [2.05, 4.69) is 0 Å². The molecule has 3 aliphatic rings. The van der Waals surface area contributed by atoms with Gasteiger partial charge < -0.3 is 38.8 Å². The third kappa shape index (κ3) is 6.80. The molecule has 3 aliphatic heterocycles. The Balaban J connectivity index is 2.07. The van der Waals surface area contributed by atoms with Crippen LogP contribution < -0.4 is 0 Å². The molecule has 0 aliphatic carbocycles. The molecule has 3 heterocycles. The summed E-state index contributed by atoms with van der Waals surface area (Å²) >= 11 is 0. The Morgan fingerprint density at radius 1 is 1.12 bits per heavy atom. The highest BCUT2D eigenvalue weighted by Crippen LogP contribution is 2.40. The molecule has 12 atom stereocenters. The van der Waals surface area contributed by atoms with Crippen molar-refractivity contribution in [1.82, 2.24) is 4.90 Å². The van der Waals surface area contributed by atoms with Crippen molar-refractivity contribution in [3.8, 4) is 0 Å². The zero-order chi connectivity index (χ0) is 31.0. The summed E-state index contributed by atoms with van der Waals surface area (Å²) in [7, 11) is 3.18. The van der Waals surface area contributed by atoms with Gasteiger partial charge in [-0.3, -0.25) is 9.59 Å². The van der Waals surface area contributed by atoms with E-state index in [1.165, 1.54) is 25.0 Å². The summed E-state index contributed by atoms with van der Waals surface area (Å²) in [6.45, 7) is 13.7. The Morgan fingerprint density at radius 2 is 1.76 bits per heavy atom. The molecule has 0 aromatic carbocycles. The van der Waals surface area contributed by atoms with Gasteiger partial charge in [-0.2, -0.15) is 0 Å². The van der Waals surface area contributed by atoms with Gasteiger partial charge in [0, 0.05) is 26.0 Å². The number of fused-ring (bicyclic) bond motifs is 1. The van der Waals surface area contributed by atoms with Gasteiger partial charge in [0.2, 0.25) is 0 Å². The molecule has 2 fully saturated rings. The van der Waals surface area contributed by atoms with Crippen LogP contribution in [0.5, 0.6) is 0 Å². The minimum atomic E-state index is -1.60. The first-order chi connectivity index (χ1) is 19.0. The highest BCUT2D eigenvalue weighted by molar-refractivity contribution is 5.96. The highest BCUT2D eigenvalue weighted by Gasteiger charge is 2.53. The summed E-state index contributed by atoms with van der Waals surface area (Å²) in [5.41, 5.74) is -2.41. The Labute approximate surface area is 243 Å². The van der Waals surface area contributed by atoms with Gasteiger partial charge in [0.15, 0.2) is 18.2 Å². The first-order valence-electron chi connectivity index (χ1n) is 14.6. The maximum Gasteiger partial charge on any atom is 0.410 e. The number of cyclic esters (lactones) is 1. The van der Waals surface area contributed by atoms with Crippen LogP contribution in [0.4, 0.5) is 4.79 Å². The van der Waals surface area contributed by atoms with Crippen LogP contribution in [0.15, 0.2) is 11.6 Å². The van der Waals surface area contributed by atoms with Crippen LogP contribution in [0.2, 0.25) is 0 Å². The lowest BCUT2D eigenvalue weighted by atomic mass is 9.76. The van der Waals surface area contributed by atoms with Crippen LogP contribution >= 0.6 is 0 Å². The zero-order valence-corrected chi connectivity index (χ0v) is 26.1. The van der Waals surface area contributed by atoms with Gasteiger partial charge in [0.25, 0.3) is 0 Å². The Bertz CT molecular complexity index is 1010. The zero-order valence-electron chi connectivity index (χ0n) is 26.1. The summed E-state index contributed by atoms with van der Waals surface area (Å²) in [6.07, 6.45) is -2.98. The topological polar surface area (TPSA) is 141 Å². The second kappa shape index (κ2) is 12.7. The van der Waals surface area contributed by atoms with E-state index in [1.807, 2.05) is 6.92 Å². The summed E-state index contributed by atoms with van der Waals surface area (Å²) in [6, 6.07) is -0.259. The molecule has 2 N–H and O–H groups in total. The summed E-state index contributed by atoms with van der Waals surface area (Å²) in [4.78, 5) is 40.7. The van der Waals surface area contributed by atoms with E-state index in [0.29, 0.717) is 18.4 Å². The summed E-state index contributed by atoms with van der Waals surface area (Å²) in [5.74, 6) is -3.16. The van der Waals surface area contributed by atoms with Crippen LogP contribution in [-0.4, -0.2) is 101 Å². The number of hydrogen-bond acceptors (Lipinski definition) is 10. The molecule has 11 heteroatoms. The minimum Gasteiger partial charge on any atom is -0.459 e. The van der Waals surface area contributed by atoms with Gasteiger partial charge in [-0.25, -0.2) is 4.79 Å². The average Bonchev–Trinajstić information content (AvgIpc) is 3.20. The molecule has 1 amide bonds. The average molecular weight is 584 g/mol. The lowest BCUT2D eigenvalue weighted by molar-refractivity contribution is -0.291. The van der Waals surface area contributed by atoms with E-state index in [4.69, 9.17) is 23.7 Å². The number of methoxy groups -OCH3 is 1. The second-order valence-corrected chi connectivity index (χ2v) is 12.6. The number of aliphatic hydroxyl groups is 2. The number of ketones is 1. The fourth-order valence-electron chi connectivity index (χ4n) is 6.59. The normalized spacial score (nSPS) is 44.9. The van der Waals surface area contributed by atoms with E-state index in [-0.39, 0.29) is 24.3 Å². The van der Waals surface area contributed by atoms with Crippen molar-refractivity contribution in [2.24, 2.45) is 17.8 Å². The first-order valence-corrected chi connectivity index (χ1v) is 14.6. The molecule has 234 valence electrons. The smallest absolute Gasteiger partial charge is 0.410 e. The SMILES string of the molecule is CC[C@H]1OC(=O)[C@H](C)[C@@H](O)[C@H](C)[C@@H](OC2O[C@H](C)C[C@H]3C2OC(=O)N3C)[C@](C)(OC)C[C@@H](C)C(=O)C(C)=C[C@]1(C)O. The largest absolute Gasteiger partial charge is 0.459 e. The third-order valence-electron chi connectivity index (χ3n) is 9.20. The van der Waals surface area contributed by atoms with E-state index in [9.17, 15) is 24.6 Å². The molecular weight excluding hydrogens is 534 g/mol. The van der Waals surface area contributed by atoms with Crippen molar-refractivity contribution in [3.05, 3.63) is 11.6 Å². The third-order valence-corrected chi connectivity index (χ3v) is 9.20. The van der Waals surface area contributed by atoms with Gasteiger partial charge in [-0.15, -0.1) is 0 Å². The summed E-state index contributed by atoms with van der Waals surface area (Å²) < 4.78 is 30.1. The molecule has 11 nitrogen and oxygen atoms in total. The van der Waals surface area contributed by atoms with Crippen LogP contribution in [0.3, 0.4) is 0 Å². The number of nitrogens with zero attached hydrogens (tertiary/aromatic N) is 1. The number of allylic oxidation sites excluding steroid dienone is 1. The molecule has 0 spiro atoms. The van der Waals surface area contributed by atoms with Crippen molar-refractivity contribution >= 4 is 17.8 Å². The number of aliphatic hydroxyl groups excluding tert-OH is 1. The van der Waals surface area contributed by atoms with Gasteiger partial charge in [-0.1, -0.05) is 20.8 Å². The molecule has 0 aromatic rings. The van der Waals surface area contributed by atoms with Crippen molar-refractivity contribution in [3.63, 3.8) is 0 Å². The van der Waals surface area contributed by atoms with Crippen molar-refractivity contribution in [1.29, 1.82) is 0 Å². The lowest BCUT2D eigenvalue weighted by Gasteiger charge is -2.46. The minimum absolute atomic E-state index is 0.198. The van der Waals surface area contributed by atoms with Crippen molar-refractivity contribution in [2.45, 2.75) is 129 Å². The van der Waals surface area contributed by atoms with Crippen molar-refractivity contribution in [2.75, 3.05) is 14.2 Å². The second-order valence-electron chi connectivity index (χ2n) is 12.6. The van der Waals surface area contributed by atoms with Gasteiger partial charge in [0.1, 0.15) is 11.7 Å². The predicted molar refractivity (Wildman–Crippen MR) is 149 cm³/mol. The van der Waals surface area contributed by atoms with Crippen molar-refractivity contribution < 1.29 is 48.3 Å². The van der Waals surface area contributed by atoms with E-state index >= 15 is 0 Å². The first kappa shape index (κ1) is 33.5. The molecule has 2 unspecified atom stereocenters. The molecule has 0 radical (unpaired) electrons. The number of ether oxygens (including phenoxy) is 5. The number of amides is 1. The molecule has 3 rings (SSSR count). The highest BCUT2D eigenvalue weighted by atomic mass is 16.7. The number of rotatable bonds is 4. The Kier molecular flexibility index (Phi) is 10.3. The monoisotopic (exact) mass is 583 g/mol. The maximum atomic E-state index is 13.5. The van der Waals surface area contributed by atoms with Crippen LogP contribution in [-0.2, 0) is 33.3 Å². The molecule has 0 saturated carbocycles. The number of esters is 1. The number of Topliss-reactive ketones (excluding diaryl/α,β-unsaturated/α-hetero) is 1. The van der Waals surface area contributed by atoms with Crippen LogP contribution in [0.1, 0.15) is 74.7 Å². The predicted octanol–water partition coefficient (Wildman–Crippen LogP) is 2.99. The van der Waals surface area contributed by atoms with Gasteiger partial charge >= 0.3 is 12.1 Å². The maximum absolute atomic E-state index is 13.5. The molecule has 0 aromatic heterocycles.